The number of nitrogens with one attached hydrogen (secondary N) is 1. The Morgan fingerprint density at radius 1 is 1.29 bits per heavy atom. The number of nitrogens with zero attached hydrogens (tertiary/aromatic N) is 3. The highest BCUT2D eigenvalue weighted by Gasteiger charge is 2.50. The third-order valence-corrected chi connectivity index (χ3v) is 5.16. The van der Waals surface area contributed by atoms with Gasteiger partial charge in [0.2, 0.25) is 5.91 Å². The number of amides is 1. The number of aromatic nitrogens is 2. The van der Waals surface area contributed by atoms with Crippen LogP contribution in [0.25, 0.3) is 0 Å². The number of imidazole rings is 1. The minimum Gasteiger partial charge on any atom is -0.346 e. The average Bonchev–Trinajstić information content (AvgIpc) is 3.02. The van der Waals surface area contributed by atoms with Crippen molar-refractivity contribution in [1.29, 1.82) is 0 Å². The summed E-state index contributed by atoms with van der Waals surface area (Å²) in [5.74, 6) is 1.36. The van der Waals surface area contributed by atoms with Crippen molar-refractivity contribution in [2.24, 2.45) is 0 Å². The standard InChI is InChI=1S/C16H26N4O/c1-4-14-17-12(2)13(18-14)11-20-10-6-8-16(20)7-5-9-19(3)15(16)21/h4-11H2,1-3H3,(H,17,18). The first-order valence-electron chi connectivity index (χ1n) is 8.12. The summed E-state index contributed by atoms with van der Waals surface area (Å²) in [6, 6.07) is 0. The van der Waals surface area contributed by atoms with Crippen LogP contribution in [0.3, 0.4) is 0 Å². The summed E-state index contributed by atoms with van der Waals surface area (Å²) in [7, 11) is 1.94. The monoisotopic (exact) mass is 290 g/mol. The lowest BCUT2D eigenvalue weighted by molar-refractivity contribution is -0.146. The van der Waals surface area contributed by atoms with E-state index in [9.17, 15) is 4.79 Å². The Balaban J connectivity index is 1.83. The fourth-order valence-electron chi connectivity index (χ4n) is 3.93. The number of carbonyl (C=O) groups is 1. The number of likely N-dealkylation sites (tertiary alicyclic amines) is 2. The highest BCUT2D eigenvalue weighted by atomic mass is 16.2. The molecule has 1 N–H and O–H groups in total. The number of aryl methyl sites for hydroxylation is 2. The van der Waals surface area contributed by atoms with Crippen LogP contribution in [0.5, 0.6) is 0 Å². The maximum atomic E-state index is 12.8. The van der Waals surface area contributed by atoms with E-state index in [1.54, 1.807) is 0 Å². The third-order valence-electron chi connectivity index (χ3n) is 5.16. The highest BCUT2D eigenvalue weighted by molar-refractivity contribution is 5.87. The molecule has 5 heteroatoms. The molecule has 1 atom stereocenters. The van der Waals surface area contributed by atoms with Gasteiger partial charge in [-0.05, 0) is 39.2 Å². The highest BCUT2D eigenvalue weighted by Crippen LogP contribution is 2.38. The first-order valence-corrected chi connectivity index (χ1v) is 8.12. The smallest absolute Gasteiger partial charge is 0.242 e. The van der Waals surface area contributed by atoms with Gasteiger partial charge in [-0.1, -0.05) is 6.92 Å². The van der Waals surface area contributed by atoms with Crippen LogP contribution >= 0.6 is 0 Å². The Labute approximate surface area is 126 Å². The van der Waals surface area contributed by atoms with E-state index in [0.717, 1.165) is 69.0 Å². The lowest BCUT2D eigenvalue weighted by Gasteiger charge is -2.43. The van der Waals surface area contributed by atoms with E-state index in [2.05, 4.69) is 23.7 Å². The molecule has 1 amide bonds. The second-order valence-corrected chi connectivity index (χ2v) is 6.50. The molecule has 2 aliphatic rings. The van der Waals surface area contributed by atoms with Crippen LogP contribution in [-0.2, 0) is 17.8 Å². The van der Waals surface area contributed by atoms with E-state index in [1.807, 2.05) is 11.9 Å². The molecule has 21 heavy (non-hydrogen) atoms. The number of likely N-dealkylation sites (N-methyl/N-ethyl adjacent to an activating group) is 1. The molecule has 1 spiro atoms. The van der Waals surface area contributed by atoms with Crippen LogP contribution in [0.4, 0.5) is 0 Å². The molecule has 1 unspecified atom stereocenters. The maximum absolute atomic E-state index is 12.8. The van der Waals surface area contributed by atoms with Gasteiger partial charge in [0, 0.05) is 32.3 Å². The summed E-state index contributed by atoms with van der Waals surface area (Å²) in [5.41, 5.74) is 1.99. The Hall–Kier alpha value is -1.36. The first-order chi connectivity index (χ1) is 10.1. The molecule has 2 aliphatic heterocycles. The topological polar surface area (TPSA) is 52.2 Å². The quantitative estimate of drug-likeness (QED) is 0.924. The molecule has 0 aromatic carbocycles. The van der Waals surface area contributed by atoms with Crippen molar-refractivity contribution >= 4 is 5.91 Å². The lowest BCUT2D eigenvalue weighted by Crippen LogP contribution is -2.58. The van der Waals surface area contributed by atoms with Gasteiger partial charge in [0.25, 0.3) is 0 Å². The van der Waals surface area contributed by atoms with Crippen LogP contribution in [0.1, 0.15) is 49.8 Å². The zero-order valence-corrected chi connectivity index (χ0v) is 13.4. The molecular weight excluding hydrogens is 264 g/mol. The van der Waals surface area contributed by atoms with E-state index < -0.39 is 0 Å². The minimum atomic E-state index is -0.259. The largest absolute Gasteiger partial charge is 0.346 e. The zero-order chi connectivity index (χ0) is 15.0. The second-order valence-electron chi connectivity index (χ2n) is 6.50. The molecule has 116 valence electrons. The van der Waals surface area contributed by atoms with Gasteiger partial charge in [0.15, 0.2) is 0 Å². The van der Waals surface area contributed by atoms with Gasteiger partial charge in [0.05, 0.1) is 5.69 Å². The molecule has 0 saturated carbocycles. The van der Waals surface area contributed by atoms with E-state index >= 15 is 0 Å². The number of rotatable bonds is 3. The molecule has 0 aliphatic carbocycles. The van der Waals surface area contributed by atoms with Crippen molar-refractivity contribution in [2.75, 3.05) is 20.1 Å². The Kier molecular flexibility index (Phi) is 3.78. The third kappa shape index (κ3) is 2.37. The number of aromatic amines is 1. The molecule has 2 fully saturated rings. The molecule has 1 aromatic heterocycles. The molecule has 5 nitrogen and oxygen atoms in total. The van der Waals surface area contributed by atoms with E-state index in [4.69, 9.17) is 4.98 Å². The van der Waals surface area contributed by atoms with E-state index in [-0.39, 0.29) is 5.54 Å². The van der Waals surface area contributed by atoms with Crippen molar-refractivity contribution in [3.05, 3.63) is 17.2 Å². The summed E-state index contributed by atoms with van der Waals surface area (Å²) >= 11 is 0. The van der Waals surface area contributed by atoms with Crippen LogP contribution < -0.4 is 0 Å². The molecule has 1 aromatic rings. The predicted octanol–water partition coefficient (Wildman–Crippen LogP) is 1.87. The normalized spacial score (nSPS) is 27.0. The first kappa shape index (κ1) is 14.6. The van der Waals surface area contributed by atoms with Crippen LogP contribution in [0.2, 0.25) is 0 Å². The van der Waals surface area contributed by atoms with E-state index in [0.29, 0.717) is 5.91 Å². The van der Waals surface area contributed by atoms with Gasteiger partial charge >= 0.3 is 0 Å². The van der Waals surface area contributed by atoms with Crippen molar-refractivity contribution in [1.82, 2.24) is 19.8 Å². The fourth-order valence-corrected chi connectivity index (χ4v) is 3.93. The summed E-state index contributed by atoms with van der Waals surface area (Å²) in [5, 5.41) is 0. The van der Waals surface area contributed by atoms with Gasteiger partial charge in [-0.25, -0.2) is 4.98 Å². The lowest BCUT2D eigenvalue weighted by atomic mass is 9.85. The molecule has 0 bridgehead atoms. The molecule has 2 saturated heterocycles. The Bertz CT molecular complexity index is 538. The SMILES string of the molecule is CCc1nc(CN2CCCC23CCCN(C)C3=O)c(C)[nH]1. The van der Waals surface area contributed by atoms with Gasteiger partial charge in [-0.3, -0.25) is 9.69 Å². The molecule has 3 heterocycles. The Morgan fingerprint density at radius 3 is 2.67 bits per heavy atom. The molecule has 3 rings (SSSR count). The van der Waals surface area contributed by atoms with Crippen molar-refractivity contribution in [3.63, 3.8) is 0 Å². The number of H-pyrrole nitrogens is 1. The van der Waals surface area contributed by atoms with Gasteiger partial charge in [-0.15, -0.1) is 0 Å². The summed E-state index contributed by atoms with van der Waals surface area (Å²) in [6.07, 6.45) is 5.15. The molecular formula is C16H26N4O. The van der Waals surface area contributed by atoms with Crippen molar-refractivity contribution in [2.45, 2.75) is 58.0 Å². The summed E-state index contributed by atoms with van der Waals surface area (Å²) < 4.78 is 0. The minimum absolute atomic E-state index is 0.259. The Morgan fingerprint density at radius 2 is 2.00 bits per heavy atom. The number of carbonyl (C=O) groups excluding carboxylic acids is 1. The second kappa shape index (κ2) is 5.44. The fraction of sp³-hybridized carbons (Fsp3) is 0.750. The maximum Gasteiger partial charge on any atom is 0.242 e. The van der Waals surface area contributed by atoms with Crippen LogP contribution in [0, 0.1) is 6.92 Å². The van der Waals surface area contributed by atoms with Gasteiger partial charge in [0.1, 0.15) is 11.4 Å². The van der Waals surface area contributed by atoms with Crippen LogP contribution in [0.15, 0.2) is 0 Å². The average molecular weight is 290 g/mol. The number of hydrogen-bond donors (Lipinski definition) is 1. The summed E-state index contributed by atoms with van der Waals surface area (Å²) in [4.78, 5) is 25.1. The van der Waals surface area contributed by atoms with E-state index in [1.165, 1.54) is 0 Å². The number of hydrogen-bond acceptors (Lipinski definition) is 3. The summed E-state index contributed by atoms with van der Waals surface area (Å²) in [6.45, 7) is 6.89. The van der Waals surface area contributed by atoms with Gasteiger partial charge in [-0.2, -0.15) is 0 Å². The van der Waals surface area contributed by atoms with Crippen molar-refractivity contribution in [3.8, 4) is 0 Å². The number of piperidine rings is 1. The van der Waals surface area contributed by atoms with Crippen molar-refractivity contribution < 1.29 is 4.79 Å². The zero-order valence-electron chi connectivity index (χ0n) is 13.4. The predicted molar refractivity (Wildman–Crippen MR) is 81.9 cm³/mol. The van der Waals surface area contributed by atoms with Crippen LogP contribution in [-0.4, -0.2) is 51.4 Å². The molecule has 0 radical (unpaired) electrons. The van der Waals surface area contributed by atoms with Gasteiger partial charge < -0.3 is 9.88 Å².